The molecule has 0 aromatic carbocycles. The van der Waals surface area contributed by atoms with Crippen molar-refractivity contribution >= 4 is 10.0 Å². The molecule has 1 fully saturated rings. The van der Waals surface area contributed by atoms with E-state index in [1.54, 1.807) is 4.31 Å². The lowest BCUT2D eigenvalue weighted by atomic mass is 10.0. The minimum absolute atomic E-state index is 0.156. The normalized spacial score (nSPS) is 27.3. The van der Waals surface area contributed by atoms with E-state index in [1.807, 2.05) is 34.6 Å². The Labute approximate surface area is 93.1 Å². The van der Waals surface area contributed by atoms with Crippen molar-refractivity contribution in [3.8, 4) is 0 Å². The van der Waals surface area contributed by atoms with Gasteiger partial charge in [0.15, 0.2) is 0 Å². The highest BCUT2D eigenvalue weighted by Gasteiger charge is 2.38. The minimum atomic E-state index is -3.12. The molecule has 0 atom stereocenters. The molecule has 15 heavy (non-hydrogen) atoms. The van der Waals surface area contributed by atoms with Gasteiger partial charge in [0.1, 0.15) is 0 Å². The first-order chi connectivity index (χ1) is 6.55. The zero-order chi connectivity index (χ0) is 11.9. The van der Waals surface area contributed by atoms with Crippen LogP contribution in [0.5, 0.6) is 0 Å². The zero-order valence-corrected chi connectivity index (χ0v) is 11.1. The fourth-order valence-electron chi connectivity index (χ4n) is 1.80. The molecule has 90 valence electrons. The van der Waals surface area contributed by atoms with Crippen molar-refractivity contribution in [3.63, 3.8) is 0 Å². The van der Waals surface area contributed by atoms with E-state index in [-0.39, 0.29) is 16.8 Å². The molecule has 0 aromatic rings. The van der Waals surface area contributed by atoms with Gasteiger partial charge < -0.3 is 5.32 Å². The average Bonchev–Trinajstić information content (AvgIpc) is 2.06. The molecule has 1 aliphatic heterocycles. The van der Waals surface area contributed by atoms with Gasteiger partial charge in [-0.3, -0.25) is 0 Å². The Kier molecular flexibility index (Phi) is 3.20. The Balaban J connectivity index is 3.07. The standard InChI is InChI=1S/C10H22N2O2S/c1-9(2,3)12-8-10(4,5)11-6-7-15(12,13)14/h11H,6-8H2,1-5H3. The zero-order valence-electron chi connectivity index (χ0n) is 10.3. The molecule has 0 radical (unpaired) electrons. The van der Waals surface area contributed by atoms with Crippen LogP contribution in [-0.2, 0) is 10.0 Å². The highest BCUT2D eigenvalue weighted by molar-refractivity contribution is 7.89. The lowest BCUT2D eigenvalue weighted by molar-refractivity contribution is 0.204. The number of rotatable bonds is 0. The molecule has 1 aliphatic rings. The first kappa shape index (κ1) is 12.9. The maximum absolute atomic E-state index is 12.0. The summed E-state index contributed by atoms with van der Waals surface area (Å²) in [5.74, 6) is 0.188. The van der Waals surface area contributed by atoms with E-state index in [9.17, 15) is 8.42 Å². The SMILES string of the molecule is CC1(C)CN(C(C)(C)C)S(=O)(=O)CCN1. The average molecular weight is 234 g/mol. The van der Waals surface area contributed by atoms with Crippen molar-refractivity contribution in [1.29, 1.82) is 0 Å². The fourth-order valence-corrected chi connectivity index (χ4v) is 3.73. The topological polar surface area (TPSA) is 49.4 Å². The summed E-state index contributed by atoms with van der Waals surface area (Å²) in [6.45, 7) is 10.9. The molecule has 4 nitrogen and oxygen atoms in total. The Hall–Kier alpha value is -0.130. The Morgan fingerprint density at radius 1 is 1.27 bits per heavy atom. The molecule has 1 heterocycles. The van der Waals surface area contributed by atoms with Gasteiger partial charge in [-0.15, -0.1) is 0 Å². The monoisotopic (exact) mass is 234 g/mol. The second-order valence-corrected chi connectivity index (χ2v) is 7.82. The molecule has 0 aliphatic carbocycles. The minimum Gasteiger partial charge on any atom is -0.309 e. The molecule has 1 rings (SSSR count). The van der Waals surface area contributed by atoms with Crippen LogP contribution in [0.25, 0.3) is 0 Å². The maximum atomic E-state index is 12.0. The molecule has 0 amide bonds. The Morgan fingerprint density at radius 3 is 2.27 bits per heavy atom. The third-order valence-corrected chi connectivity index (χ3v) is 4.65. The van der Waals surface area contributed by atoms with Crippen LogP contribution in [0.1, 0.15) is 34.6 Å². The van der Waals surface area contributed by atoms with Crippen molar-refractivity contribution in [2.45, 2.75) is 45.7 Å². The van der Waals surface area contributed by atoms with Crippen molar-refractivity contribution in [1.82, 2.24) is 9.62 Å². The maximum Gasteiger partial charge on any atom is 0.215 e. The number of hydrogen-bond acceptors (Lipinski definition) is 3. The molecule has 0 unspecified atom stereocenters. The summed E-state index contributed by atoms with van der Waals surface area (Å²) in [6.07, 6.45) is 0. The quantitative estimate of drug-likeness (QED) is 0.674. The summed E-state index contributed by atoms with van der Waals surface area (Å²) in [7, 11) is -3.12. The van der Waals surface area contributed by atoms with Gasteiger partial charge in [0.25, 0.3) is 0 Å². The van der Waals surface area contributed by atoms with Crippen molar-refractivity contribution in [2.24, 2.45) is 0 Å². The van der Waals surface area contributed by atoms with Crippen molar-refractivity contribution < 1.29 is 8.42 Å². The predicted octanol–water partition coefficient (Wildman–Crippen LogP) is 0.799. The molecule has 1 N–H and O–H groups in total. The molecule has 0 aromatic heterocycles. The highest BCUT2D eigenvalue weighted by atomic mass is 32.2. The number of nitrogens with zero attached hydrogens (tertiary/aromatic N) is 1. The van der Waals surface area contributed by atoms with Gasteiger partial charge in [0.2, 0.25) is 10.0 Å². The summed E-state index contributed by atoms with van der Waals surface area (Å²) in [5.41, 5.74) is -0.501. The van der Waals surface area contributed by atoms with Gasteiger partial charge in [-0.25, -0.2) is 8.42 Å². The predicted molar refractivity (Wildman–Crippen MR) is 62.3 cm³/mol. The Morgan fingerprint density at radius 2 is 1.80 bits per heavy atom. The van der Waals surface area contributed by atoms with E-state index in [1.165, 1.54) is 0 Å². The van der Waals surface area contributed by atoms with Crippen LogP contribution in [0, 0.1) is 0 Å². The van der Waals surface area contributed by atoms with Gasteiger partial charge in [-0.1, -0.05) is 0 Å². The summed E-state index contributed by atoms with van der Waals surface area (Å²) < 4.78 is 25.7. The van der Waals surface area contributed by atoms with E-state index in [0.29, 0.717) is 13.1 Å². The Bertz CT molecular complexity index is 328. The number of sulfonamides is 1. The fraction of sp³-hybridized carbons (Fsp3) is 1.00. The van der Waals surface area contributed by atoms with Crippen LogP contribution in [0.2, 0.25) is 0 Å². The molecule has 0 saturated carbocycles. The second-order valence-electron chi connectivity index (χ2n) is 5.80. The van der Waals surface area contributed by atoms with Gasteiger partial charge >= 0.3 is 0 Å². The molecular weight excluding hydrogens is 212 g/mol. The molecule has 1 saturated heterocycles. The van der Waals surface area contributed by atoms with Crippen LogP contribution < -0.4 is 5.32 Å². The number of hydrogen-bond donors (Lipinski definition) is 1. The highest BCUT2D eigenvalue weighted by Crippen LogP contribution is 2.23. The van der Waals surface area contributed by atoms with Crippen LogP contribution in [0.15, 0.2) is 0 Å². The summed E-state index contributed by atoms with van der Waals surface area (Å²) in [6, 6.07) is 0. The lowest BCUT2D eigenvalue weighted by Gasteiger charge is -2.37. The number of nitrogens with one attached hydrogen (secondary N) is 1. The van der Waals surface area contributed by atoms with Crippen LogP contribution in [-0.4, -0.2) is 42.6 Å². The van der Waals surface area contributed by atoms with E-state index in [0.717, 1.165) is 0 Å². The van der Waals surface area contributed by atoms with Gasteiger partial charge in [-0.05, 0) is 34.6 Å². The second kappa shape index (κ2) is 3.71. The van der Waals surface area contributed by atoms with Crippen LogP contribution in [0.3, 0.4) is 0 Å². The summed E-state index contributed by atoms with van der Waals surface area (Å²) in [4.78, 5) is 0. The molecule has 0 spiro atoms. The van der Waals surface area contributed by atoms with Crippen molar-refractivity contribution in [3.05, 3.63) is 0 Å². The van der Waals surface area contributed by atoms with E-state index < -0.39 is 10.0 Å². The third-order valence-electron chi connectivity index (χ3n) is 2.59. The van der Waals surface area contributed by atoms with E-state index >= 15 is 0 Å². The first-order valence-electron chi connectivity index (χ1n) is 5.30. The van der Waals surface area contributed by atoms with Crippen LogP contribution in [0.4, 0.5) is 0 Å². The lowest BCUT2D eigenvalue weighted by Crippen LogP contribution is -2.53. The van der Waals surface area contributed by atoms with E-state index in [2.05, 4.69) is 5.32 Å². The molecule has 5 heteroatoms. The summed E-state index contributed by atoms with van der Waals surface area (Å²) >= 11 is 0. The van der Waals surface area contributed by atoms with E-state index in [4.69, 9.17) is 0 Å². The molecular formula is C10H22N2O2S. The van der Waals surface area contributed by atoms with Crippen molar-refractivity contribution in [2.75, 3.05) is 18.8 Å². The largest absolute Gasteiger partial charge is 0.309 e. The first-order valence-corrected chi connectivity index (χ1v) is 6.91. The van der Waals surface area contributed by atoms with Gasteiger partial charge in [0, 0.05) is 24.2 Å². The summed E-state index contributed by atoms with van der Waals surface area (Å²) in [5, 5.41) is 3.26. The van der Waals surface area contributed by atoms with Gasteiger partial charge in [0.05, 0.1) is 5.75 Å². The van der Waals surface area contributed by atoms with Crippen LogP contribution >= 0.6 is 0 Å². The molecule has 0 bridgehead atoms. The smallest absolute Gasteiger partial charge is 0.215 e. The van der Waals surface area contributed by atoms with Gasteiger partial charge in [-0.2, -0.15) is 4.31 Å². The third kappa shape index (κ3) is 3.16.